The monoisotopic (exact) mass is 463 g/mol. The molecule has 0 radical (unpaired) electrons. The fourth-order valence-corrected chi connectivity index (χ4v) is 4.28. The third-order valence-corrected chi connectivity index (χ3v) is 5.94. The number of rotatable bonds is 5. The van der Waals surface area contributed by atoms with Gasteiger partial charge in [0.2, 0.25) is 11.8 Å². The van der Waals surface area contributed by atoms with Crippen LogP contribution in [0, 0.1) is 0 Å². The highest BCUT2D eigenvalue weighted by molar-refractivity contribution is 6.00. The lowest BCUT2D eigenvalue weighted by Gasteiger charge is -2.21. The van der Waals surface area contributed by atoms with Crippen molar-refractivity contribution in [3.8, 4) is 11.1 Å². The second-order valence-corrected chi connectivity index (χ2v) is 9.67. The summed E-state index contributed by atoms with van der Waals surface area (Å²) in [6.07, 6.45) is 1.42. The van der Waals surface area contributed by atoms with E-state index in [1.165, 1.54) is 9.13 Å². The molecule has 1 atom stereocenters. The molecule has 178 valence electrons. The summed E-state index contributed by atoms with van der Waals surface area (Å²) in [5.74, 6) is -0.980. The predicted octanol–water partition coefficient (Wildman–Crippen LogP) is 3.26. The van der Waals surface area contributed by atoms with Crippen molar-refractivity contribution < 1.29 is 19.1 Å². The summed E-state index contributed by atoms with van der Waals surface area (Å²) in [7, 11) is 1.68. The molecule has 1 aliphatic heterocycles. The van der Waals surface area contributed by atoms with Crippen LogP contribution in [0.3, 0.4) is 0 Å². The highest BCUT2D eigenvalue weighted by Gasteiger charge is 2.31. The molecule has 0 saturated carbocycles. The summed E-state index contributed by atoms with van der Waals surface area (Å²) < 4.78 is 8.36. The number of nitrogens with one attached hydrogen (secondary N) is 1. The molecule has 4 rings (SSSR count). The van der Waals surface area contributed by atoms with E-state index in [9.17, 15) is 19.2 Å². The number of carbonyl (C=O) groups excluding carboxylic acids is 3. The van der Waals surface area contributed by atoms with Crippen LogP contribution < -0.4 is 11.0 Å². The van der Waals surface area contributed by atoms with Crippen LogP contribution in [0.15, 0.2) is 47.3 Å². The van der Waals surface area contributed by atoms with Gasteiger partial charge in [0.15, 0.2) is 0 Å². The molecular weight excluding hydrogens is 434 g/mol. The first-order valence-electron chi connectivity index (χ1n) is 11.4. The van der Waals surface area contributed by atoms with Crippen LogP contribution in [0.2, 0.25) is 0 Å². The number of aromatic nitrogens is 2. The molecule has 3 aromatic rings. The highest BCUT2D eigenvalue weighted by atomic mass is 16.6. The molecule has 0 spiro atoms. The Balaban J connectivity index is 1.56. The quantitative estimate of drug-likeness (QED) is 0.463. The second kappa shape index (κ2) is 8.93. The summed E-state index contributed by atoms with van der Waals surface area (Å²) in [6.45, 7) is 5.56. The van der Waals surface area contributed by atoms with E-state index in [-0.39, 0.29) is 24.0 Å². The van der Waals surface area contributed by atoms with Crippen molar-refractivity contribution in [2.24, 2.45) is 7.05 Å². The van der Waals surface area contributed by atoms with Gasteiger partial charge in [-0.05, 0) is 62.4 Å². The van der Waals surface area contributed by atoms with Crippen LogP contribution in [-0.2, 0) is 32.6 Å². The Morgan fingerprint density at radius 3 is 2.35 bits per heavy atom. The largest absolute Gasteiger partial charge is 0.460 e. The van der Waals surface area contributed by atoms with Crippen molar-refractivity contribution in [2.45, 2.75) is 58.1 Å². The van der Waals surface area contributed by atoms with Crippen LogP contribution in [0.1, 0.15) is 51.6 Å². The van der Waals surface area contributed by atoms with Crippen LogP contribution in [0.25, 0.3) is 22.2 Å². The molecule has 2 aromatic carbocycles. The first kappa shape index (κ1) is 23.5. The smallest absolute Gasteiger partial charge is 0.329 e. The number of amides is 2. The predicted molar refractivity (Wildman–Crippen MR) is 128 cm³/mol. The van der Waals surface area contributed by atoms with Gasteiger partial charge in [-0.2, -0.15) is 0 Å². The molecule has 8 nitrogen and oxygen atoms in total. The van der Waals surface area contributed by atoms with Crippen LogP contribution >= 0.6 is 0 Å². The Hall–Kier alpha value is -3.68. The van der Waals surface area contributed by atoms with E-state index in [1.807, 2.05) is 63.2 Å². The van der Waals surface area contributed by atoms with Gasteiger partial charge in [0, 0.05) is 19.9 Å². The van der Waals surface area contributed by atoms with Gasteiger partial charge in [-0.1, -0.05) is 30.3 Å². The zero-order chi connectivity index (χ0) is 24.6. The fourth-order valence-electron chi connectivity index (χ4n) is 4.28. The van der Waals surface area contributed by atoms with Gasteiger partial charge < -0.3 is 4.74 Å². The van der Waals surface area contributed by atoms with E-state index < -0.39 is 17.6 Å². The van der Waals surface area contributed by atoms with Crippen LogP contribution in [-0.4, -0.2) is 32.5 Å². The molecule has 1 aliphatic rings. The molecule has 1 fully saturated rings. The third-order valence-electron chi connectivity index (χ3n) is 5.94. The van der Waals surface area contributed by atoms with Crippen LogP contribution in [0.5, 0.6) is 0 Å². The van der Waals surface area contributed by atoms with E-state index in [2.05, 4.69) is 5.32 Å². The minimum absolute atomic E-state index is 0.206. The van der Waals surface area contributed by atoms with Gasteiger partial charge in [0.05, 0.1) is 11.0 Å². The number of carbonyl (C=O) groups is 3. The molecule has 0 aliphatic carbocycles. The number of ether oxygens (including phenoxy) is 1. The highest BCUT2D eigenvalue weighted by Crippen LogP contribution is 2.28. The summed E-state index contributed by atoms with van der Waals surface area (Å²) >= 11 is 0. The number of nitrogens with zero attached hydrogens (tertiary/aromatic N) is 2. The number of aryl methyl sites for hydroxylation is 2. The normalized spacial score (nSPS) is 16.5. The van der Waals surface area contributed by atoms with Crippen LogP contribution in [0.4, 0.5) is 0 Å². The Kier molecular flexibility index (Phi) is 6.17. The van der Waals surface area contributed by atoms with Gasteiger partial charge in [0.1, 0.15) is 11.6 Å². The van der Waals surface area contributed by atoms with Gasteiger partial charge in [0.25, 0.3) is 0 Å². The van der Waals surface area contributed by atoms with E-state index in [1.54, 1.807) is 7.05 Å². The number of fused-ring (bicyclic) bond motifs is 1. The lowest BCUT2D eigenvalue weighted by molar-refractivity contribution is -0.154. The zero-order valence-electron chi connectivity index (χ0n) is 19.9. The standard InChI is InChI=1S/C26H29N3O5/c1-26(2,3)34-23(31)14-7-16-5-8-17(9-6-16)18-10-11-19-21(15-18)28(4)25(33)29(19)20-12-13-22(30)27-24(20)32/h5-6,8-11,15,20H,7,12-14H2,1-4H3,(H,27,30,32). The molecule has 1 aromatic heterocycles. The minimum atomic E-state index is -0.705. The van der Waals surface area contributed by atoms with Gasteiger partial charge in [-0.3, -0.25) is 28.8 Å². The Labute approximate surface area is 197 Å². The summed E-state index contributed by atoms with van der Waals surface area (Å²) in [4.78, 5) is 48.8. The van der Waals surface area contributed by atoms with Crippen molar-refractivity contribution in [1.29, 1.82) is 0 Å². The molecule has 1 N–H and O–H groups in total. The molecule has 2 amide bonds. The fraction of sp³-hybridized carbons (Fsp3) is 0.385. The molecule has 8 heteroatoms. The summed E-state index contributed by atoms with van der Waals surface area (Å²) in [6, 6.07) is 12.9. The maximum absolute atomic E-state index is 12.9. The van der Waals surface area contributed by atoms with Gasteiger partial charge in [-0.15, -0.1) is 0 Å². The van der Waals surface area contributed by atoms with Crippen molar-refractivity contribution in [3.05, 3.63) is 58.5 Å². The summed E-state index contributed by atoms with van der Waals surface area (Å²) in [5, 5.41) is 2.32. The SMILES string of the molecule is Cn1c(=O)n(C2CCC(=O)NC2=O)c2ccc(-c3ccc(CCC(=O)OC(C)(C)C)cc3)cc21. The van der Waals surface area contributed by atoms with Crippen molar-refractivity contribution in [2.75, 3.05) is 0 Å². The molecular formula is C26H29N3O5. The van der Waals surface area contributed by atoms with Crippen molar-refractivity contribution >= 4 is 28.8 Å². The van der Waals surface area contributed by atoms with E-state index >= 15 is 0 Å². The van der Waals surface area contributed by atoms with Crippen molar-refractivity contribution in [3.63, 3.8) is 0 Å². The number of esters is 1. The average molecular weight is 464 g/mol. The summed E-state index contributed by atoms with van der Waals surface area (Å²) in [5.41, 5.74) is 3.52. The third kappa shape index (κ3) is 4.81. The Morgan fingerprint density at radius 1 is 1.03 bits per heavy atom. The number of hydrogen-bond acceptors (Lipinski definition) is 5. The topological polar surface area (TPSA) is 99.4 Å². The van der Waals surface area contributed by atoms with Gasteiger partial charge in [-0.25, -0.2) is 4.79 Å². The number of imide groups is 1. The van der Waals surface area contributed by atoms with Crippen molar-refractivity contribution in [1.82, 2.24) is 14.5 Å². The van der Waals surface area contributed by atoms with Gasteiger partial charge >= 0.3 is 11.7 Å². The second-order valence-electron chi connectivity index (χ2n) is 9.67. The molecule has 0 bridgehead atoms. The maximum atomic E-state index is 12.9. The number of piperidine rings is 1. The number of benzene rings is 2. The number of imidazole rings is 1. The Morgan fingerprint density at radius 2 is 1.71 bits per heavy atom. The first-order chi connectivity index (χ1) is 16.0. The maximum Gasteiger partial charge on any atom is 0.329 e. The van der Waals surface area contributed by atoms with E-state index in [0.717, 1.165) is 16.7 Å². The lowest BCUT2D eigenvalue weighted by atomic mass is 10.0. The zero-order valence-corrected chi connectivity index (χ0v) is 19.9. The first-order valence-corrected chi connectivity index (χ1v) is 11.4. The average Bonchev–Trinajstić information content (AvgIpc) is 3.01. The van der Waals surface area contributed by atoms with E-state index in [0.29, 0.717) is 30.3 Å². The Bertz CT molecular complexity index is 1330. The lowest BCUT2D eigenvalue weighted by Crippen LogP contribution is -2.44. The molecule has 1 saturated heterocycles. The molecule has 1 unspecified atom stereocenters. The molecule has 34 heavy (non-hydrogen) atoms. The number of hydrogen-bond donors (Lipinski definition) is 1. The molecule has 2 heterocycles. The van der Waals surface area contributed by atoms with E-state index in [4.69, 9.17) is 4.74 Å². The minimum Gasteiger partial charge on any atom is -0.460 e.